The van der Waals surface area contributed by atoms with Crippen molar-refractivity contribution in [3.05, 3.63) is 28.5 Å². The van der Waals surface area contributed by atoms with Gasteiger partial charge in [-0.3, -0.25) is 9.59 Å². The maximum absolute atomic E-state index is 12.3. The zero-order valence-electron chi connectivity index (χ0n) is 9.67. The molecular weight excluding hydrogens is 318 g/mol. The van der Waals surface area contributed by atoms with Gasteiger partial charge in [0.1, 0.15) is 18.3 Å². The molecule has 100 valence electrons. The van der Waals surface area contributed by atoms with Gasteiger partial charge in [-0.05, 0) is 28.1 Å². The van der Waals surface area contributed by atoms with E-state index in [1.807, 2.05) is 0 Å². The van der Waals surface area contributed by atoms with Crippen molar-refractivity contribution in [1.82, 2.24) is 15.2 Å². The molecule has 8 heteroatoms. The van der Waals surface area contributed by atoms with Gasteiger partial charge >= 0.3 is 5.97 Å². The van der Waals surface area contributed by atoms with E-state index in [0.29, 0.717) is 4.47 Å². The van der Waals surface area contributed by atoms with E-state index in [1.54, 1.807) is 12.1 Å². The summed E-state index contributed by atoms with van der Waals surface area (Å²) in [5.41, 5.74) is 0.0865. The van der Waals surface area contributed by atoms with Gasteiger partial charge in [0.05, 0.1) is 0 Å². The number of carboxylic acid groups (broad SMARTS) is 1. The number of nitrogens with one attached hydrogen (secondary N) is 1. The van der Waals surface area contributed by atoms with E-state index in [4.69, 9.17) is 5.11 Å². The van der Waals surface area contributed by atoms with Crippen LogP contribution in [0.1, 0.15) is 10.5 Å². The predicted octanol–water partition coefficient (Wildman–Crippen LogP) is -0.131. The fourth-order valence-electron chi connectivity index (χ4n) is 1.75. The van der Waals surface area contributed by atoms with E-state index in [2.05, 4.69) is 26.2 Å². The second kappa shape index (κ2) is 5.35. The van der Waals surface area contributed by atoms with Crippen LogP contribution in [0.4, 0.5) is 0 Å². The van der Waals surface area contributed by atoms with Crippen LogP contribution in [0.25, 0.3) is 0 Å². The van der Waals surface area contributed by atoms with Gasteiger partial charge in [-0.1, -0.05) is 0 Å². The number of amides is 2. The molecule has 0 aromatic carbocycles. The normalized spacial score (nSPS) is 18.9. The van der Waals surface area contributed by atoms with Crippen molar-refractivity contribution in [2.24, 2.45) is 0 Å². The number of hydrogen-bond acceptors (Lipinski definition) is 4. The van der Waals surface area contributed by atoms with E-state index in [9.17, 15) is 14.4 Å². The lowest BCUT2D eigenvalue weighted by Crippen LogP contribution is -2.59. The summed E-state index contributed by atoms with van der Waals surface area (Å²) in [4.78, 5) is 39.6. The van der Waals surface area contributed by atoms with E-state index in [0.717, 1.165) is 4.90 Å². The van der Waals surface area contributed by atoms with Crippen molar-refractivity contribution in [2.75, 3.05) is 13.1 Å². The average Bonchev–Trinajstić information content (AvgIpc) is 2.38. The third-order valence-corrected chi connectivity index (χ3v) is 3.33. The Balaban J connectivity index is 2.32. The monoisotopic (exact) mass is 327 g/mol. The quantitative estimate of drug-likeness (QED) is 0.788. The van der Waals surface area contributed by atoms with Gasteiger partial charge < -0.3 is 15.3 Å². The highest BCUT2D eigenvalue weighted by Crippen LogP contribution is 2.17. The smallest absolute Gasteiger partial charge is 0.328 e. The summed E-state index contributed by atoms with van der Waals surface area (Å²) in [5.74, 6) is -2.15. The van der Waals surface area contributed by atoms with Crippen molar-refractivity contribution in [2.45, 2.75) is 6.04 Å². The third kappa shape index (κ3) is 2.73. The van der Waals surface area contributed by atoms with E-state index < -0.39 is 23.8 Å². The van der Waals surface area contributed by atoms with Crippen LogP contribution in [0, 0.1) is 0 Å². The Hall–Kier alpha value is -1.96. The summed E-state index contributed by atoms with van der Waals surface area (Å²) in [5, 5.41) is 11.5. The number of nitrogens with zero attached hydrogens (tertiary/aromatic N) is 2. The van der Waals surface area contributed by atoms with Crippen LogP contribution in [-0.2, 0) is 9.59 Å². The van der Waals surface area contributed by atoms with Gasteiger partial charge in [0, 0.05) is 17.2 Å². The number of rotatable bonds is 2. The SMILES string of the molecule is O=C1CN(C(=O)c2ncccc2Br)C(C(=O)O)CN1. The van der Waals surface area contributed by atoms with Crippen molar-refractivity contribution < 1.29 is 19.5 Å². The molecule has 1 atom stereocenters. The van der Waals surface area contributed by atoms with E-state index in [-0.39, 0.29) is 18.8 Å². The minimum absolute atomic E-state index is 0.0865. The molecule has 0 saturated carbocycles. The number of carboxylic acids is 1. The summed E-state index contributed by atoms with van der Waals surface area (Å²) < 4.78 is 0.454. The molecule has 1 aromatic rings. The molecule has 0 bridgehead atoms. The average molecular weight is 328 g/mol. The molecule has 1 aliphatic heterocycles. The molecule has 1 fully saturated rings. The van der Waals surface area contributed by atoms with Crippen LogP contribution >= 0.6 is 15.9 Å². The van der Waals surface area contributed by atoms with Crippen molar-refractivity contribution in [3.8, 4) is 0 Å². The number of carbonyl (C=O) groups is 3. The molecule has 2 amide bonds. The van der Waals surface area contributed by atoms with Crippen molar-refractivity contribution >= 4 is 33.7 Å². The molecule has 2 N–H and O–H groups in total. The van der Waals surface area contributed by atoms with Gasteiger partial charge in [-0.15, -0.1) is 0 Å². The first kappa shape index (κ1) is 13.5. The summed E-state index contributed by atoms with van der Waals surface area (Å²) in [7, 11) is 0. The maximum atomic E-state index is 12.3. The first-order valence-corrected chi connectivity index (χ1v) is 6.21. The number of carbonyl (C=O) groups excluding carboxylic acids is 2. The summed E-state index contributed by atoms with van der Waals surface area (Å²) in [6.07, 6.45) is 1.43. The Bertz CT molecular complexity index is 548. The highest BCUT2D eigenvalue weighted by atomic mass is 79.9. The lowest BCUT2D eigenvalue weighted by atomic mass is 10.1. The molecule has 19 heavy (non-hydrogen) atoms. The lowest BCUT2D eigenvalue weighted by Gasteiger charge is -2.32. The van der Waals surface area contributed by atoms with Crippen LogP contribution in [0.2, 0.25) is 0 Å². The molecule has 0 spiro atoms. The highest BCUT2D eigenvalue weighted by molar-refractivity contribution is 9.10. The standard InChI is InChI=1S/C11H10BrN3O4/c12-6-2-1-3-13-9(6)10(17)15-5-8(16)14-4-7(15)11(18)19/h1-3,7H,4-5H2,(H,14,16)(H,18,19). The van der Waals surface area contributed by atoms with Crippen molar-refractivity contribution in [1.29, 1.82) is 0 Å². The largest absolute Gasteiger partial charge is 0.480 e. The highest BCUT2D eigenvalue weighted by Gasteiger charge is 2.36. The van der Waals surface area contributed by atoms with Gasteiger partial charge in [0.15, 0.2) is 0 Å². The zero-order valence-corrected chi connectivity index (χ0v) is 11.3. The van der Waals surface area contributed by atoms with Gasteiger partial charge in [-0.2, -0.15) is 0 Å². The molecule has 0 radical (unpaired) electrons. The molecular formula is C11H10BrN3O4. The number of aromatic nitrogens is 1. The van der Waals surface area contributed by atoms with Crippen LogP contribution in [0.5, 0.6) is 0 Å². The van der Waals surface area contributed by atoms with Gasteiger partial charge in [0.25, 0.3) is 5.91 Å². The molecule has 1 aromatic heterocycles. The Morgan fingerprint density at radius 1 is 1.53 bits per heavy atom. The fraction of sp³-hybridized carbons (Fsp3) is 0.273. The number of pyridine rings is 1. The Morgan fingerprint density at radius 2 is 2.26 bits per heavy atom. The maximum Gasteiger partial charge on any atom is 0.328 e. The van der Waals surface area contributed by atoms with E-state index in [1.165, 1.54) is 6.20 Å². The molecule has 7 nitrogen and oxygen atoms in total. The third-order valence-electron chi connectivity index (χ3n) is 2.69. The lowest BCUT2D eigenvalue weighted by molar-refractivity contribution is -0.144. The van der Waals surface area contributed by atoms with Gasteiger partial charge in [0.2, 0.25) is 5.91 Å². The summed E-state index contributed by atoms with van der Waals surface area (Å²) in [6, 6.07) is 2.18. The topological polar surface area (TPSA) is 99.6 Å². The Kier molecular flexibility index (Phi) is 3.79. The van der Waals surface area contributed by atoms with Crippen LogP contribution in [0.15, 0.2) is 22.8 Å². The Morgan fingerprint density at radius 3 is 2.89 bits per heavy atom. The van der Waals surface area contributed by atoms with Gasteiger partial charge in [-0.25, -0.2) is 9.78 Å². The molecule has 2 heterocycles. The number of halogens is 1. The first-order chi connectivity index (χ1) is 9.00. The van der Waals surface area contributed by atoms with Crippen LogP contribution < -0.4 is 5.32 Å². The zero-order chi connectivity index (χ0) is 14.0. The Labute approximate surface area is 116 Å². The van der Waals surface area contributed by atoms with E-state index >= 15 is 0 Å². The molecule has 0 aliphatic carbocycles. The number of piperazine rings is 1. The fourth-order valence-corrected chi connectivity index (χ4v) is 2.18. The van der Waals surface area contributed by atoms with Crippen LogP contribution in [0.3, 0.4) is 0 Å². The second-order valence-electron chi connectivity index (χ2n) is 3.92. The number of hydrogen-bond donors (Lipinski definition) is 2. The molecule has 2 rings (SSSR count). The summed E-state index contributed by atoms with van der Waals surface area (Å²) in [6.45, 7) is -0.400. The minimum atomic E-state index is -1.17. The molecule has 1 saturated heterocycles. The molecule has 1 unspecified atom stereocenters. The van der Waals surface area contributed by atoms with Crippen LogP contribution in [-0.4, -0.2) is 51.9 Å². The predicted molar refractivity (Wildman–Crippen MR) is 67.4 cm³/mol. The van der Waals surface area contributed by atoms with Crippen molar-refractivity contribution in [3.63, 3.8) is 0 Å². The second-order valence-corrected chi connectivity index (χ2v) is 4.78. The molecule has 1 aliphatic rings. The summed E-state index contributed by atoms with van der Waals surface area (Å²) >= 11 is 3.18. The minimum Gasteiger partial charge on any atom is -0.480 e. The number of aliphatic carboxylic acids is 1. The first-order valence-electron chi connectivity index (χ1n) is 5.41.